The van der Waals surface area contributed by atoms with Crippen LogP contribution in [0.3, 0.4) is 0 Å². The normalized spacial score (nSPS) is 12.3. The van der Waals surface area contributed by atoms with Gasteiger partial charge < -0.3 is 14.4 Å². The van der Waals surface area contributed by atoms with Crippen LogP contribution in [0.25, 0.3) is 11.0 Å². The molecule has 1 unspecified atom stereocenters. The summed E-state index contributed by atoms with van der Waals surface area (Å²) in [5.41, 5.74) is 1.61. The van der Waals surface area contributed by atoms with E-state index in [1.165, 1.54) is 4.90 Å². The first-order chi connectivity index (χ1) is 9.93. The molecule has 1 amide bonds. The van der Waals surface area contributed by atoms with E-state index in [9.17, 15) is 9.59 Å². The lowest BCUT2D eigenvalue weighted by molar-refractivity contribution is -0.138. The molecule has 2 aromatic rings. The Morgan fingerprint density at radius 1 is 1.38 bits per heavy atom. The van der Waals surface area contributed by atoms with E-state index < -0.39 is 5.97 Å². The van der Waals surface area contributed by atoms with Gasteiger partial charge in [0.2, 0.25) is 0 Å². The number of carbonyl (C=O) groups excluding carboxylic acids is 1. The average molecular weight is 289 g/mol. The van der Waals surface area contributed by atoms with Crippen LogP contribution in [0.5, 0.6) is 0 Å². The van der Waals surface area contributed by atoms with E-state index in [1.54, 1.807) is 6.07 Å². The highest BCUT2D eigenvalue weighted by atomic mass is 16.4. The Balaban J connectivity index is 2.38. The van der Waals surface area contributed by atoms with Gasteiger partial charge in [0, 0.05) is 11.4 Å². The molecule has 0 saturated heterocycles. The molecule has 0 spiro atoms. The molecule has 5 nitrogen and oxygen atoms in total. The largest absolute Gasteiger partial charge is 0.480 e. The number of nitrogens with zero attached hydrogens (tertiary/aromatic N) is 1. The number of carboxylic acids is 1. The van der Waals surface area contributed by atoms with Crippen LogP contribution in [0, 0.1) is 6.92 Å². The molecule has 112 valence electrons. The van der Waals surface area contributed by atoms with Crippen molar-refractivity contribution in [1.82, 2.24) is 4.90 Å². The summed E-state index contributed by atoms with van der Waals surface area (Å²) in [6.45, 7) is 5.32. The lowest BCUT2D eigenvalue weighted by atomic mass is 10.1. The number of para-hydroxylation sites is 1. The van der Waals surface area contributed by atoms with Crippen molar-refractivity contribution in [3.63, 3.8) is 0 Å². The highest BCUT2D eigenvalue weighted by Crippen LogP contribution is 2.24. The van der Waals surface area contributed by atoms with Crippen LogP contribution in [0.1, 0.15) is 36.4 Å². The number of carboxylic acid groups (broad SMARTS) is 1. The van der Waals surface area contributed by atoms with Gasteiger partial charge in [-0.05, 0) is 31.9 Å². The van der Waals surface area contributed by atoms with Crippen molar-refractivity contribution in [1.29, 1.82) is 0 Å². The van der Waals surface area contributed by atoms with Crippen LogP contribution in [-0.2, 0) is 4.79 Å². The monoisotopic (exact) mass is 289 g/mol. The van der Waals surface area contributed by atoms with Gasteiger partial charge in [0.25, 0.3) is 5.91 Å². The van der Waals surface area contributed by atoms with Crippen LogP contribution >= 0.6 is 0 Å². The fourth-order valence-electron chi connectivity index (χ4n) is 2.25. The topological polar surface area (TPSA) is 70.8 Å². The summed E-state index contributed by atoms with van der Waals surface area (Å²) in [5, 5.41) is 9.83. The molecule has 0 aliphatic carbocycles. The van der Waals surface area contributed by atoms with Gasteiger partial charge in [0.1, 0.15) is 12.1 Å². The van der Waals surface area contributed by atoms with Gasteiger partial charge in [-0.2, -0.15) is 0 Å². The van der Waals surface area contributed by atoms with Crippen molar-refractivity contribution >= 4 is 22.8 Å². The smallest absolute Gasteiger partial charge is 0.323 e. The highest BCUT2D eigenvalue weighted by Gasteiger charge is 2.25. The summed E-state index contributed by atoms with van der Waals surface area (Å²) in [4.78, 5) is 24.8. The van der Waals surface area contributed by atoms with Gasteiger partial charge in [0.05, 0.1) is 0 Å². The minimum atomic E-state index is -1.03. The first-order valence-electron chi connectivity index (χ1n) is 6.96. The lowest BCUT2D eigenvalue weighted by Crippen LogP contribution is -2.41. The van der Waals surface area contributed by atoms with Crippen molar-refractivity contribution in [2.24, 2.45) is 0 Å². The van der Waals surface area contributed by atoms with Crippen LogP contribution in [-0.4, -0.2) is 34.5 Å². The van der Waals surface area contributed by atoms with Gasteiger partial charge in [-0.3, -0.25) is 9.59 Å². The maximum atomic E-state index is 12.5. The summed E-state index contributed by atoms with van der Waals surface area (Å²) < 4.78 is 5.63. The number of aryl methyl sites for hydroxylation is 1. The second-order valence-electron chi connectivity index (χ2n) is 5.19. The average Bonchev–Trinajstić information content (AvgIpc) is 2.88. The molecular weight excluding hydrogens is 270 g/mol. The molecule has 0 aliphatic heterocycles. The molecule has 1 N–H and O–H groups in total. The zero-order chi connectivity index (χ0) is 15.6. The predicted molar refractivity (Wildman–Crippen MR) is 79.4 cm³/mol. The maximum Gasteiger partial charge on any atom is 0.323 e. The van der Waals surface area contributed by atoms with Gasteiger partial charge in [-0.1, -0.05) is 25.1 Å². The van der Waals surface area contributed by atoms with Crippen molar-refractivity contribution in [2.45, 2.75) is 33.2 Å². The summed E-state index contributed by atoms with van der Waals surface area (Å²) >= 11 is 0. The number of hydrogen-bond acceptors (Lipinski definition) is 3. The van der Waals surface area contributed by atoms with E-state index >= 15 is 0 Å². The van der Waals surface area contributed by atoms with Gasteiger partial charge in [-0.25, -0.2) is 0 Å². The quantitative estimate of drug-likeness (QED) is 0.918. The zero-order valence-corrected chi connectivity index (χ0v) is 12.4. The lowest BCUT2D eigenvalue weighted by Gasteiger charge is -2.25. The fraction of sp³-hybridized carbons (Fsp3) is 0.375. The van der Waals surface area contributed by atoms with Gasteiger partial charge in [-0.15, -0.1) is 0 Å². The Kier molecular flexibility index (Phi) is 4.31. The number of hydrogen-bond donors (Lipinski definition) is 1. The Morgan fingerprint density at radius 3 is 2.67 bits per heavy atom. The van der Waals surface area contributed by atoms with Crippen molar-refractivity contribution in [3.05, 3.63) is 35.6 Å². The van der Waals surface area contributed by atoms with Crippen molar-refractivity contribution in [2.75, 3.05) is 6.54 Å². The SMILES string of the molecule is CCC(C)N(CC(=O)O)C(=O)c1cc2cccc(C)c2o1. The maximum absolute atomic E-state index is 12.5. The summed E-state index contributed by atoms with van der Waals surface area (Å²) in [6, 6.07) is 7.17. The van der Waals surface area contributed by atoms with Crippen molar-refractivity contribution in [3.8, 4) is 0 Å². The molecule has 0 radical (unpaired) electrons. The minimum absolute atomic E-state index is 0.164. The van der Waals surface area contributed by atoms with Crippen LogP contribution < -0.4 is 0 Å². The standard InChI is InChI=1S/C16H19NO4/c1-4-11(3)17(9-14(18)19)16(20)13-8-12-7-5-6-10(2)15(12)21-13/h5-8,11H,4,9H2,1-3H3,(H,18,19). The number of furan rings is 1. The highest BCUT2D eigenvalue weighted by molar-refractivity contribution is 5.98. The van der Waals surface area contributed by atoms with Crippen LogP contribution in [0.15, 0.2) is 28.7 Å². The molecule has 1 atom stereocenters. The third-order valence-electron chi connectivity index (χ3n) is 3.64. The zero-order valence-electron chi connectivity index (χ0n) is 12.4. The Hall–Kier alpha value is -2.30. The van der Waals surface area contributed by atoms with E-state index in [2.05, 4.69) is 0 Å². The number of benzene rings is 1. The molecule has 0 aliphatic rings. The molecule has 0 saturated carbocycles. The first-order valence-corrected chi connectivity index (χ1v) is 6.96. The summed E-state index contributed by atoms with van der Waals surface area (Å²) in [6.07, 6.45) is 0.679. The Labute approximate surface area is 123 Å². The van der Waals surface area contributed by atoms with Crippen molar-refractivity contribution < 1.29 is 19.1 Å². The van der Waals surface area contributed by atoms with E-state index in [4.69, 9.17) is 9.52 Å². The third-order valence-corrected chi connectivity index (χ3v) is 3.64. The van der Waals surface area contributed by atoms with Gasteiger partial charge >= 0.3 is 5.97 Å². The second kappa shape index (κ2) is 5.99. The minimum Gasteiger partial charge on any atom is -0.480 e. The van der Waals surface area contributed by atoms with E-state index in [0.717, 1.165) is 10.9 Å². The van der Waals surface area contributed by atoms with E-state index in [1.807, 2.05) is 39.0 Å². The first kappa shape index (κ1) is 15.1. The van der Waals surface area contributed by atoms with Crippen LogP contribution in [0.4, 0.5) is 0 Å². The van der Waals surface area contributed by atoms with Crippen LogP contribution in [0.2, 0.25) is 0 Å². The number of carbonyl (C=O) groups is 2. The molecule has 0 bridgehead atoms. The second-order valence-corrected chi connectivity index (χ2v) is 5.19. The number of rotatable bonds is 5. The summed E-state index contributed by atoms with van der Waals surface area (Å²) in [7, 11) is 0. The summed E-state index contributed by atoms with van der Waals surface area (Å²) in [5.74, 6) is -1.24. The third kappa shape index (κ3) is 3.07. The molecule has 0 fully saturated rings. The van der Waals surface area contributed by atoms with E-state index in [0.29, 0.717) is 12.0 Å². The molecule has 1 aromatic heterocycles. The fourth-order valence-corrected chi connectivity index (χ4v) is 2.25. The number of aliphatic carboxylic acids is 1. The molecular formula is C16H19NO4. The Morgan fingerprint density at radius 2 is 2.10 bits per heavy atom. The Bertz CT molecular complexity index is 674. The number of fused-ring (bicyclic) bond motifs is 1. The van der Waals surface area contributed by atoms with E-state index in [-0.39, 0.29) is 24.3 Å². The van der Waals surface area contributed by atoms with Gasteiger partial charge in [0.15, 0.2) is 5.76 Å². The molecule has 2 rings (SSSR count). The molecule has 1 heterocycles. The molecule has 5 heteroatoms. The predicted octanol–water partition coefficient (Wildman–Crippen LogP) is 3.07. The molecule has 21 heavy (non-hydrogen) atoms. The number of amides is 1. The molecule has 1 aromatic carbocycles.